The second-order valence-electron chi connectivity index (χ2n) is 13.7. The minimum absolute atomic E-state index is 0.352. The summed E-state index contributed by atoms with van der Waals surface area (Å²) in [7, 11) is -4.61. The molecule has 0 spiro atoms. The van der Waals surface area contributed by atoms with E-state index >= 15 is 0 Å². The van der Waals surface area contributed by atoms with Crippen LogP contribution in [0.2, 0.25) is 0 Å². The molecule has 0 aliphatic heterocycles. The molecule has 0 fully saturated rings. The van der Waals surface area contributed by atoms with Gasteiger partial charge in [-0.05, 0) is 25.7 Å². The quantitative estimate of drug-likeness (QED) is 0.0246. The molecule has 0 heterocycles. The van der Waals surface area contributed by atoms with E-state index in [4.69, 9.17) is 9.63 Å². The zero-order valence-corrected chi connectivity index (χ0v) is 36.7. The van der Waals surface area contributed by atoms with Crippen LogP contribution in [-0.2, 0) is 23.2 Å². The molecule has 0 aliphatic rings. The maximum absolute atomic E-state index is 13.0. The summed E-state index contributed by atoms with van der Waals surface area (Å²) in [6.45, 7) is 2.31. The van der Waals surface area contributed by atoms with E-state index in [9.17, 15) is 24.2 Å². The van der Waals surface area contributed by atoms with Gasteiger partial charge in [-0.25, -0.2) is 4.57 Å². The van der Waals surface area contributed by atoms with Gasteiger partial charge in [-0.1, -0.05) is 225 Å². The van der Waals surface area contributed by atoms with Crippen LogP contribution in [0.15, 0.2) is 146 Å². The van der Waals surface area contributed by atoms with E-state index in [1.165, 1.54) is 114 Å². The summed E-state index contributed by atoms with van der Waals surface area (Å²) in [5.74, 6) is -1.33. The number of nitrogens with zero attached hydrogens (tertiary/aromatic N) is 1. The number of phosphoric acid groups is 1. The second kappa shape index (κ2) is 42.2. The van der Waals surface area contributed by atoms with Crippen LogP contribution in [0.3, 0.4) is 0 Å². The highest BCUT2D eigenvalue weighted by atomic mass is 31.2. The Labute approximate surface area is 356 Å². The molecule has 328 valence electrons. The van der Waals surface area contributed by atoms with Gasteiger partial charge < -0.3 is 15.1 Å². The first kappa shape index (κ1) is 55.1. The van der Waals surface area contributed by atoms with Gasteiger partial charge in [-0.3, -0.25) is 23.5 Å². The molecule has 0 aromatic heterocycles. The van der Waals surface area contributed by atoms with Crippen molar-refractivity contribution in [3.05, 3.63) is 146 Å². The molecule has 10 heteroatoms. The fourth-order valence-corrected chi connectivity index (χ4v) is 5.86. The van der Waals surface area contributed by atoms with Crippen molar-refractivity contribution in [1.82, 2.24) is 4.90 Å². The number of hydrogen-bond acceptors (Lipinski definition) is 7. The van der Waals surface area contributed by atoms with E-state index in [2.05, 4.69) is 42.7 Å². The Morgan fingerprint density at radius 1 is 0.525 bits per heavy atom. The number of unbranched alkanes of at least 4 members (excludes halogenated alkanes) is 14. The molecule has 0 saturated heterocycles. The fourth-order valence-electron chi connectivity index (χ4n) is 5.12. The van der Waals surface area contributed by atoms with Gasteiger partial charge in [0.15, 0.2) is 0 Å². The number of amides is 2. The smallest absolute Gasteiger partial charge is 0.394 e. The zero-order valence-electron chi connectivity index (χ0n) is 35.9. The van der Waals surface area contributed by atoms with E-state index in [-0.39, 0.29) is 6.54 Å². The van der Waals surface area contributed by atoms with E-state index in [1.807, 2.05) is 60.8 Å². The topological polar surface area (TPSA) is 134 Å². The number of imide groups is 1. The lowest BCUT2D eigenvalue weighted by Crippen LogP contribution is -2.37. The van der Waals surface area contributed by atoms with Crippen molar-refractivity contribution in [3.8, 4) is 0 Å². The van der Waals surface area contributed by atoms with E-state index in [0.717, 1.165) is 17.7 Å². The Bertz CT molecular complexity index is 1390. The molecule has 0 aromatic carbocycles. The predicted molar refractivity (Wildman–Crippen MR) is 246 cm³/mol. The average molecular weight is 836 g/mol. The van der Waals surface area contributed by atoms with Crippen LogP contribution in [0.5, 0.6) is 0 Å². The van der Waals surface area contributed by atoms with Crippen molar-refractivity contribution >= 4 is 19.6 Å². The van der Waals surface area contributed by atoms with Gasteiger partial charge in [-0.2, -0.15) is 0 Å². The lowest BCUT2D eigenvalue weighted by atomic mass is 10.1. The van der Waals surface area contributed by atoms with Crippen LogP contribution in [0.4, 0.5) is 0 Å². The molecular weight excluding hydrogens is 762 g/mol. The minimum Gasteiger partial charge on any atom is -0.394 e. The van der Waals surface area contributed by atoms with Crippen LogP contribution in [0, 0.1) is 0 Å². The van der Waals surface area contributed by atoms with Gasteiger partial charge in [0.25, 0.3) is 11.8 Å². The van der Waals surface area contributed by atoms with Gasteiger partial charge in [0, 0.05) is 12.2 Å². The van der Waals surface area contributed by atoms with Crippen molar-refractivity contribution in [1.29, 1.82) is 0 Å². The standard InChI is InChI=1S/C49H74NO8P/c1-3-5-7-9-11-13-15-17-19-21-23-25-27-29-31-33-35-37-39-41-48(53)50(43-44-57-59(55,56)58-46-47(52)45-51)49(54)42-40-38-36-34-32-30-28-26-24-22-20-18-16-14-12-10-8-6-4-2/h19-42,47,51-52H,3-18,43-46H2,1-2H3,(H,55,56)/t47-/m1/s1. The van der Waals surface area contributed by atoms with Gasteiger partial charge in [-0.15, -0.1) is 0 Å². The van der Waals surface area contributed by atoms with E-state index in [1.54, 1.807) is 36.5 Å². The Hall–Kier alpha value is -3.95. The number of aliphatic hydroxyl groups excluding tert-OH is 2. The predicted octanol–water partition coefficient (Wildman–Crippen LogP) is 11.8. The first-order valence-corrected chi connectivity index (χ1v) is 23.0. The third kappa shape index (κ3) is 39.3. The number of allylic oxidation sites excluding steroid dienone is 22. The van der Waals surface area contributed by atoms with Crippen LogP contribution in [0.25, 0.3) is 0 Å². The fraction of sp³-hybridized carbons (Fsp3) is 0.469. The third-order valence-electron chi connectivity index (χ3n) is 8.44. The molecule has 1 unspecified atom stereocenters. The monoisotopic (exact) mass is 836 g/mol. The number of rotatable bonds is 36. The molecule has 0 aliphatic carbocycles. The third-order valence-corrected chi connectivity index (χ3v) is 9.42. The number of carbonyl (C=O) groups excluding carboxylic acids is 2. The van der Waals surface area contributed by atoms with Crippen molar-refractivity contribution < 1.29 is 38.3 Å². The number of carbonyl (C=O) groups is 2. The summed E-state index contributed by atoms with van der Waals surface area (Å²) in [5, 5.41) is 18.3. The highest BCUT2D eigenvalue weighted by molar-refractivity contribution is 7.47. The van der Waals surface area contributed by atoms with Crippen molar-refractivity contribution in [2.45, 2.75) is 123 Å². The molecule has 0 saturated carbocycles. The summed E-state index contributed by atoms with van der Waals surface area (Å²) in [6, 6.07) is 0. The molecule has 0 bridgehead atoms. The van der Waals surface area contributed by atoms with Crippen LogP contribution >= 0.6 is 7.82 Å². The molecular formula is C49H74NO8P. The second-order valence-corrected chi connectivity index (χ2v) is 15.2. The highest BCUT2D eigenvalue weighted by Gasteiger charge is 2.24. The maximum atomic E-state index is 13.0. The normalized spacial score (nSPS) is 14.8. The Balaban J connectivity index is 4.98. The minimum atomic E-state index is -4.61. The lowest BCUT2D eigenvalue weighted by molar-refractivity contribution is -0.139. The summed E-state index contributed by atoms with van der Waals surface area (Å²) in [5.41, 5.74) is 0. The lowest BCUT2D eigenvalue weighted by Gasteiger charge is -2.19. The largest absolute Gasteiger partial charge is 0.472 e. The Kier molecular flexibility index (Phi) is 39.4. The van der Waals surface area contributed by atoms with Gasteiger partial charge in [0.2, 0.25) is 0 Å². The average Bonchev–Trinajstić information content (AvgIpc) is 3.23. The highest BCUT2D eigenvalue weighted by Crippen LogP contribution is 2.43. The summed E-state index contributed by atoms with van der Waals surface area (Å²) < 4.78 is 21.6. The number of aliphatic hydroxyl groups is 2. The zero-order chi connectivity index (χ0) is 43.3. The van der Waals surface area contributed by atoms with E-state index in [0.29, 0.717) is 0 Å². The molecule has 2 amide bonds. The SMILES string of the molecule is CCCCCCCCCC=CC=CC=CC=CC=CC=CC(=O)N(CCOP(=O)(O)OC[C@H](O)CO)C(=O)C=CC=CC=CC=CC=CC=CCCCCCCCCC. The molecule has 0 radical (unpaired) electrons. The van der Waals surface area contributed by atoms with Gasteiger partial charge >= 0.3 is 7.82 Å². The van der Waals surface area contributed by atoms with Crippen molar-refractivity contribution in [2.24, 2.45) is 0 Å². The van der Waals surface area contributed by atoms with Crippen LogP contribution in [0.1, 0.15) is 117 Å². The number of hydrogen-bond donors (Lipinski definition) is 3. The Morgan fingerprint density at radius 3 is 1.24 bits per heavy atom. The molecule has 0 rings (SSSR count). The van der Waals surface area contributed by atoms with Crippen LogP contribution < -0.4 is 0 Å². The summed E-state index contributed by atoms with van der Waals surface area (Å²) >= 11 is 0. The maximum Gasteiger partial charge on any atom is 0.472 e. The number of phosphoric ester groups is 1. The molecule has 3 N–H and O–H groups in total. The molecule has 2 atom stereocenters. The first-order valence-electron chi connectivity index (χ1n) is 21.5. The first-order chi connectivity index (χ1) is 28.8. The van der Waals surface area contributed by atoms with Gasteiger partial charge in [0.05, 0.1) is 26.4 Å². The van der Waals surface area contributed by atoms with Crippen LogP contribution in [-0.4, -0.2) is 64.3 Å². The summed E-state index contributed by atoms with van der Waals surface area (Å²) in [4.78, 5) is 36.6. The Morgan fingerprint density at radius 2 is 0.864 bits per heavy atom. The molecule has 0 aromatic rings. The molecule has 9 nitrogen and oxygen atoms in total. The van der Waals surface area contributed by atoms with E-state index < -0.39 is 45.6 Å². The van der Waals surface area contributed by atoms with Crippen molar-refractivity contribution in [3.63, 3.8) is 0 Å². The van der Waals surface area contributed by atoms with Crippen molar-refractivity contribution in [2.75, 3.05) is 26.4 Å². The summed E-state index contributed by atoms with van der Waals surface area (Å²) in [6.07, 6.45) is 62.6. The van der Waals surface area contributed by atoms with Gasteiger partial charge in [0.1, 0.15) is 6.10 Å². The molecule has 59 heavy (non-hydrogen) atoms.